The van der Waals surface area contributed by atoms with Gasteiger partial charge in [-0.15, -0.1) is 0 Å². The summed E-state index contributed by atoms with van der Waals surface area (Å²) in [6, 6.07) is 0. The Hall–Kier alpha value is -0.250. The second kappa shape index (κ2) is 10.6. The maximum absolute atomic E-state index is 11.9. The van der Waals surface area contributed by atoms with E-state index < -0.39 is 34.7 Å². The van der Waals surface area contributed by atoms with E-state index in [2.05, 4.69) is 16.4 Å². The zero-order valence-electron chi connectivity index (χ0n) is 14.2. The van der Waals surface area contributed by atoms with E-state index in [4.69, 9.17) is 4.74 Å². The zero-order chi connectivity index (χ0) is 17.3. The van der Waals surface area contributed by atoms with Crippen molar-refractivity contribution >= 4 is 10.2 Å². The fourth-order valence-corrected chi connectivity index (χ4v) is 3.60. The van der Waals surface area contributed by atoms with Crippen molar-refractivity contribution in [3.8, 4) is 0 Å². The molecule has 0 aliphatic carbocycles. The van der Waals surface area contributed by atoms with Crippen molar-refractivity contribution in [2.45, 2.75) is 89.8 Å². The van der Waals surface area contributed by atoms with Crippen LogP contribution in [0, 0.1) is 0 Å². The normalized spacial score (nSPS) is 28.3. The van der Waals surface area contributed by atoms with E-state index in [1.54, 1.807) is 6.92 Å². The Morgan fingerprint density at radius 2 is 1.52 bits per heavy atom. The van der Waals surface area contributed by atoms with Gasteiger partial charge in [-0.3, -0.25) is 0 Å². The number of aliphatic hydroxyl groups excluding tert-OH is 2. The molecule has 1 rings (SSSR count). The summed E-state index contributed by atoms with van der Waals surface area (Å²) in [5, 5.41) is 19.2. The molecule has 1 aliphatic heterocycles. The van der Waals surface area contributed by atoms with Crippen LogP contribution < -0.4 is 9.44 Å². The highest BCUT2D eigenvalue weighted by Gasteiger charge is 2.41. The standard InChI is InChI=1S/C15H32N2O5S/c1-3-4-5-6-7-8-9-10-11-16-23(20,21)17-15-14(19)13(18)12(2)22-15/h12-19H,3-11H2,1-2H3/t12-,13-,14+,15?/m1/s1. The highest BCUT2D eigenvalue weighted by Crippen LogP contribution is 2.19. The summed E-state index contributed by atoms with van der Waals surface area (Å²) < 4.78 is 33.6. The van der Waals surface area contributed by atoms with Crippen LogP contribution in [0.2, 0.25) is 0 Å². The van der Waals surface area contributed by atoms with E-state index in [9.17, 15) is 18.6 Å². The molecule has 0 bridgehead atoms. The number of unbranched alkanes of at least 4 members (excludes halogenated alkanes) is 7. The highest BCUT2D eigenvalue weighted by atomic mass is 32.2. The Kier molecular flexibility index (Phi) is 9.57. The van der Waals surface area contributed by atoms with Crippen molar-refractivity contribution in [3.63, 3.8) is 0 Å². The van der Waals surface area contributed by atoms with Crippen molar-refractivity contribution in [2.75, 3.05) is 6.54 Å². The van der Waals surface area contributed by atoms with Gasteiger partial charge >= 0.3 is 0 Å². The van der Waals surface area contributed by atoms with Crippen LogP contribution in [-0.2, 0) is 14.9 Å². The molecule has 0 spiro atoms. The second-order valence-corrected chi connectivity index (χ2v) is 7.76. The molecule has 4 N–H and O–H groups in total. The van der Waals surface area contributed by atoms with E-state index in [0.717, 1.165) is 19.3 Å². The first-order valence-corrected chi connectivity index (χ1v) is 10.1. The number of hydrogen-bond donors (Lipinski definition) is 4. The first kappa shape index (κ1) is 20.8. The quantitative estimate of drug-likeness (QED) is 0.392. The van der Waals surface area contributed by atoms with Gasteiger partial charge in [0.25, 0.3) is 10.2 Å². The summed E-state index contributed by atoms with van der Waals surface area (Å²) in [4.78, 5) is 0. The third kappa shape index (κ3) is 7.91. The number of nitrogens with one attached hydrogen (secondary N) is 2. The molecule has 0 radical (unpaired) electrons. The van der Waals surface area contributed by atoms with Crippen LogP contribution in [-0.4, -0.2) is 49.7 Å². The van der Waals surface area contributed by atoms with Crippen molar-refractivity contribution in [3.05, 3.63) is 0 Å². The Morgan fingerprint density at radius 3 is 2.04 bits per heavy atom. The molecule has 7 nitrogen and oxygen atoms in total. The van der Waals surface area contributed by atoms with Crippen LogP contribution >= 0.6 is 0 Å². The fraction of sp³-hybridized carbons (Fsp3) is 1.00. The molecule has 8 heteroatoms. The minimum Gasteiger partial charge on any atom is -0.388 e. The van der Waals surface area contributed by atoms with E-state index in [-0.39, 0.29) is 0 Å². The van der Waals surface area contributed by atoms with Gasteiger partial charge in [0.15, 0.2) is 6.23 Å². The van der Waals surface area contributed by atoms with Crippen LogP contribution in [0.3, 0.4) is 0 Å². The summed E-state index contributed by atoms with van der Waals surface area (Å²) in [6.07, 6.45) is 5.07. The molecule has 0 aromatic rings. The summed E-state index contributed by atoms with van der Waals surface area (Å²) >= 11 is 0. The van der Waals surface area contributed by atoms with Crippen molar-refractivity contribution in [2.24, 2.45) is 0 Å². The molecule has 1 heterocycles. The van der Waals surface area contributed by atoms with Crippen molar-refractivity contribution in [1.29, 1.82) is 0 Å². The molecular weight excluding hydrogens is 320 g/mol. The molecule has 23 heavy (non-hydrogen) atoms. The summed E-state index contributed by atoms with van der Waals surface area (Å²) in [7, 11) is -3.75. The zero-order valence-corrected chi connectivity index (χ0v) is 15.0. The second-order valence-electron chi connectivity index (χ2n) is 6.23. The van der Waals surface area contributed by atoms with Gasteiger partial charge in [0, 0.05) is 6.54 Å². The predicted octanol–water partition coefficient (Wildman–Crippen LogP) is 1.02. The lowest BCUT2D eigenvalue weighted by atomic mass is 10.1. The Balaban J connectivity index is 2.12. The molecule has 1 aliphatic rings. The number of ether oxygens (including phenoxy) is 1. The van der Waals surface area contributed by atoms with E-state index in [0.29, 0.717) is 6.54 Å². The van der Waals surface area contributed by atoms with Gasteiger partial charge in [0.1, 0.15) is 12.2 Å². The monoisotopic (exact) mass is 352 g/mol. The van der Waals surface area contributed by atoms with Crippen LogP contribution in [0.25, 0.3) is 0 Å². The largest absolute Gasteiger partial charge is 0.388 e. The number of hydrogen-bond acceptors (Lipinski definition) is 5. The van der Waals surface area contributed by atoms with Crippen LogP contribution in [0.5, 0.6) is 0 Å². The minimum absolute atomic E-state index is 0.352. The molecule has 138 valence electrons. The molecule has 1 saturated heterocycles. The SMILES string of the molecule is CCCCCCCCCCNS(=O)(=O)NC1O[C@H](C)[C@@H](O)[C@@H]1O. The molecular formula is C15H32N2O5S. The van der Waals surface area contributed by atoms with Gasteiger partial charge in [-0.05, 0) is 13.3 Å². The van der Waals surface area contributed by atoms with Gasteiger partial charge in [0.05, 0.1) is 6.10 Å². The van der Waals surface area contributed by atoms with E-state index >= 15 is 0 Å². The number of rotatable bonds is 12. The Morgan fingerprint density at radius 1 is 0.957 bits per heavy atom. The first-order valence-electron chi connectivity index (χ1n) is 8.66. The topological polar surface area (TPSA) is 108 Å². The first-order chi connectivity index (χ1) is 10.9. The molecule has 0 saturated carbocycles. The van der Waals surface area contributed by atoms with Gasteiger partial charge in [-0.25, -0.2) is 4.72 Å². The lowest BCUT2D eigenvalue weighted by Crippen LogP contribution is -2.48. The molecule has 1 unspecified atom stereocenters. The molecule has 4 atom stereocenters. The minimum atomic E-state index is -3.75. The lowest BCUT2D eigenvalue weighted by molar-refractivity contribution is 0.00945. The van der Waals surface area contributed by atoms with Gasteiger partial charge in [-0.1, -0.05) is 51.9 Å². The Bertz CT molecular complexity index is 418. The van der Waals surface area contributed by atoms with E-state index in [1.165, 1.54) is 32.1 Å². The number of aliphatic hydroxyl groups is 2. The van der Waals surface area contributed by atoms with Gasteiger partial charge < -0.3 is 14.9 Å². The van der Waals surface area contributed by atoms with Crippen molar-refractivity contribution < 1.29 is 23.4 Å². The molecule has 0 aromatic carbocycles. The molecule has 0 amide bonds. The third-order valence-electron chi connectivity index (χ3n) is 4.10. The third-order valence-corrected chi connectivity index (χ3v) is 5.22. The van der Waals surface area contributed by atoms with Gasteiger partial charge in [-0.2, -0.15) is 13.1 Å². The lowest BCUT2D eigenvalue weighted by Gasteiger charge is -2.16. The maximum atomic E-state index is 11.9. The van der Waals surface area contributed by atoms with Crippen molar-refractivity contribution in [1.82, 2.24) is 9.44 Å². The Labute approximate surface area is 140 Å². The highest BCUT2D eigenvalue weighted by molar-refractivity contribution is 7.87. The fourth-order valence-electron chi connectivity index (χ4n) is 2.61. The summed E-state index contributed by atoms with van der Waals surface area (Å²) in [6.45, 7) is 4.12. The maximum Gasteiger partial charge on any atom is 0.279 e. The summed E-state index contributed by atoms with van der Waals surface area (Å²) in [5.41, 5.74) is 0. The summed E-state index contributed by atoms with van der Waals surface area (Å²) in [5.74, 6) is 0. The average molecular weight is 352 g/mol. The molecule has 1 fully saturated rings. The van der Waals surface area contributed by atoms with Crippen LogP contribution in [0.4, 0.5) is 0 Å². The molecule has 0 aromatic heterocycles. The average Bonchev–Trinajstić information content (AvgIpc) is 2.72. The van der Waals surface area contributed by atoms with Gasteiger partial charge in [0.2, 0.25) is 0 Å². The van der Waals surface area contributed by atoms with E-state index in [1.807, 2.05) is 0 Å². The van der Waals surface area contributed by atoms with Crippen LogP contribution in [0.15, 0.2) is 0 Å². The smallest absolute Gasteiger partial charge is 0.279 e. The predicted molar refractivity (Wildman–Crippen MR) is 89.0 cm³/mol. The van der Waals surface area contributed by atoms with Crippen LogP contribution in [0.1, 0.15) is 65.2 Å².